The standard InChI is InChI=1S/C25H27N3O3S/c1-21(17-18-22-11-5-2-6-12-22)26-27-25(29)20-28(19-23-13-7-3-8-14-23)32(30,31)24-15-9-4-10-16-24/h2-16H,17-20H2,1H3,(H,27,29)/b26-21+. The third kappa shape index (κ3) is 6.87. The Morgan fingerprint density at radius 1 is 0.844 bits per heavy atom. The van der Waals surface area contributed by atoms with Crippen molar-refractivity contribution in [2.24, 2.45) is 5.10 Å². The first-order chi connectivity index (χ1) is 15.4. The maximum Gasteiger partial charge on any atom is 0.255 e. The highest BCUT2D eigenvalue weighted by atomic mass is 32.2. The number of amides is 1. The molecule has 0 aliphatic carbocycles. The number of rotatable bonds is 10. The lowest BCUT2D eigenvalue weighted by Crippen LogP contribution is -2.39. The number of hydrogen-bond donors (Lipinski definition) is 1. The van der Waals surface area contributed by atoms with Crippen LogP contribution in [0.5, 0.6) is 0 Å². The second-order valence-corrected chi connectivity index (χ2v) is 9.38. The molecule has 7 heteroatoms. The van der Waals surface area contributed by atoms with Crippen LogP contribution in [0.1, 0.15) is 24.5 Å². The SMILES string of the molecule is C/C(CCc1ccccc1)=N\NC(=O)CN(Cc1ccccc1)S(=O)(=O)c1ccccc1. The predicted octanol–water partition coefficient (Wildman–Crippen LogP) is 4.00. The maximum atomic E-state index is 13.2. The molecule has 0 atom stereocenters. The monoisotopic (exact) mass is 449 g/mol. The number of benzene rings is 3. The molecule has 0 spiro atoms. The van der Waals surface area contributed by atoms with Crippen molar-refractivity contribution < 1.29 is 13.2 Å². The van der Waals surface area contributed by atoms with Gasteiger partial charge >= 0.3 is 0 Å². The summed E-state index contributed by atoms with van der Waals surface area (Å²) >= 11 is 0. The molecule has 0 saturated heterocycles. The van der Waals surface area contributed by atoms with Crippen LogP contribution in [0.3, 0.4) is 0 Å². The van der Waals surface area contributed by atoms with Crippen LogP contribution in [0.25, 0.3) is 0 Å². The van der Waals surface area contributed by atoms with E-state index in [1.165, 1.54) is 22.0 Å². The zero-order valence-electron chi connectivity index (χ0n) is 18.0. The topological polar surface area (TPSA) is 78.8 Å². The average Bonchev–Trinajstić information content (AvgIpc) is 2.83. The van der Waals surface area contributed by atoms with Gasteiger partial charge in [0.15, 0.2) is 0 Å². The molecule has 0 bridgehead atoms. The molecule has 6 nitrogen and oxygen atoms in total. The Bertz CT molecular complexity index is 1130. The van der Waals surface area contributed by atoms with Crippen molar-refractivity contribution in [2.75, 3.05) is 6.54 Å². The van der Waals surface area contributed by atoms with Crippen LogP contribution in [-0.4, -0.2) is 30.9 Å². The molecule has 0 heterocycles. The van der Waals surface area contributed by atoms with Crippen molar-refractivity contribution in [3.05, 3.63) is 102 Å². The number of sulfonamides is 1. The lowest BCUT2D eigenvalue weighted by Gasteiger charge is -2.21. The smallest absolute Gasteiger partial charge is 0.255 e. The third-order valence-electron chi connectivity index (χ3n) is 4.89. The van der Waals surface area contributed by atoms with E-state index in [1.807, 2.05) is 67.6 Å². The van der Waals surface area contributed by atoms with Crippen molar-refractivity contribution >= 4 is 21.6 Å². The third-order valence-corrected chi connectivity index (χ3v) is 6.70. The van der Waals surface area contributed by atoms with Gasteiger partial charge in [-0.2, -0.15) is 9.41 Å². The Hall–Kier alpha value is -3.29. The van der Waals surface area contributed by atoms with Gasteiger partial charge < -0.3 is 0 Å². The summed E-state index contributed by atoms with van der Waals surface area (Å²) in [5, 5.41) is 4.15. The van der Waals surface area contributed by atoms with E-state index in [0.717, 1.165) is 17.7 Å². The highest BCUT2D eigenvalue weighted by Crippen LogP contribution is 2.18. The largest absolute Gasteiger partial charge is 0.272 e. The van der Waals surface area contributed by atoms with E-state index >= 15 is 0 Å². The van der Waals surface area contributed by atoms with Crippen LogP contribution in [-0.2, 0) is 27.8 Å². The minimum atomic E-state index is -3.86. The summed E-state index contributed by atoms with van der Waals surface area (Å²) < 4.78 is 27.5. The van der Waals surface area contributed by atoms with Gasteiger partial charge in [0, 0.05) is 12.3 Å². The average molecular weight is 450 g/mol. The second kappa shape index (κ2) is 11.4. The maximum absolute atomic E-state index is 13.2. The molecule has 0 aromatic heterocycles. The molecule has 166 valence electrons. The van der Waals surface area contributed by atoms with Crippen LogP contribution < -0.4 is 5.43 Å². The number of nitrogens with one attached hydrogen (secondary N) is 1. The van der Waals surface area contributed by atoms with E-state index in [4.69, 9.17) is 0 Å². The van der Waals surface area contributed by atoms with E-state index in [0.29, 0.717) is 6.42 Å². The van der Waals surface area contributed by atoms with Gasteiger partial charge in [0.05, 0.1) is 11.4 Å². The number of hydrogen-bond acceptors (Lipinski definition) is 4. The molecular formula is C25H27N3O3S. The van der Waals surface area contributed by atoms with Gasteiger partial charge in [0.25, 0.3) is 5.91 Å². The second-order valence-electron chi connectivity index (χ2n) is 7.44. The fourth-order valence-corrected chi connectivity index (χ4v) is 4.54. The minimum Gasteiger partial charge on any atom is -0.272 e. The molecule has 1 N–H and O–H groups in total. The minimum absolute atomic E-state index is 0.0855. The molecule has 32 heavy (non-hydrogen) atoms. The molecule has 0 unspecified atom stereocenters. The van der Waals surface area contributed by atoms with Gasteiger partial charge in [-0.25, -0.2) is 13.8 Å². The first kappa shape index (κ1) is 23.4. The molecule has 3 rings (SSSR count). The molecule has 1 amide bonds. The Kier molecular flexibility index (Phi) is 8.30. The zero-order valence-corrected chi connectivity index (χ0v) is 18.8. The Labute approximate surface area is 189 Å². The van der Waals surface area contributed by atoms with Gasteiger partial charge in [-0.15, -0.1) is 0 Å². The molecular weight excluding hydrogens is 422 g/mol. The Balaban J connectivity index is 1.67. The van der Waals surface area contributed by atoms with Crippen molar-refractivity contribution in [1.29, 1.82) is 0 Å². The van der Waals surface area contributed by atoms with E-state index in [2.05, 4.69) is 10.5 Å². The lowest BCUT2D eigenvalue weighted by atomic mass is 10.1. The fraction of sp³-hybridized carbons (Fsp3) is 0.200. The first-order valence-corrected chi connectivity index (χ1v) is 11.8. The number of carbonyl (C=O) groups excluding carboxylic acids is 1. The van der Waals surface area contributed by atoms with Crippen molar-refractivity contribution in [3.8, 4) is 0 Å². The van der Waals surface area contributed by atoms with Crippen LogP contribution in [0, 0.1) is 0 Å². The summed E-state index contributed by atoms with van der Waals surface area (Å²) in [6.07, 6.45) is 1.51. The Morgan fingerprint density at radius 2 is 1.38 bits per heavy atom. The first-order valence-electron chi connectivity index (χ1n) is 10.4. The van der Waals surface area contributed by atoms with Crippen molar-refractivity contribution in [2.45, 2.75) is 31.2 Å². The van der Waals surface area contributed by atoms with Crippen LogP contribution in [0.4, 0.5) is 0 Å². The predicted molar refractivity (Wildman–Crippen MR) is 126 cm³/mol. The molecule has 0 saturated carbocycles. The van der Waals surface area contributed by atoms with E-state index in [9.17, 15) is 13.2 Å². The quantitative estimate of drug-likeness (QED) is 0.375. The normalized spacial score (nSPS) is 12.0. The summed E-state index contributed by atoms with van der Waals surface area (Å²) in [5.74, 6) is -0.487. The van der Waals surface area contributed by atoms with Gasteiger partial charge in [0.1, 0.15) is 0 Å². The van der Waals surface area contributed by atoms with E-state index in [1.54, 1.807) is 18.2 Å². The molecule has 0 fully saturated rings. The van der Waals surface area contributed by atoms with Crippen molar-refractivity contribution in [3.63, 3.8) is 0 Å². The van der Waals surface area contributed by atoms with E-state index < -0.39 is 15.9 Å². The molecule has 0 aliphatic heterocycles. The molecule has 0 aliphatic rings. The summed E-state index contributed by atoms with van der Waals surface area (Å²) in [7, 11) is -3.86. The summed E-state index contributed by atoms with van der Waals surface area (Å²) in [5.41, 5.74) is 5.25. The van der Waals surface area contributed by atoms with Gasteiger partial charge in [-0.05, 0) is 43.0 Å². The number of carbonyl (C=O) groups is 1. The summed E-state index contributed by atoms with van der Waals surface area (Å²) in [4.78, 5) is 12.7. The van der Waals surface area contributed by atoms with Crippen LogP contribution in [0.15, 0.2) is 101 Å². The van der Waals surface area contributed by atoms with Crippen molar-refractivity contribution in [1.82, 2.24) is 9.73 Å². The zero-order chi connectivity index (χ0) is 22.8. The molecule has 0 radical (unpaired) electrons. The molecule has 3 aromatic rings. The summed E-state index contributed by atoms with van der Waals surface area (Å²) in [6, 6.07) is 27.3. The van der Waals surface area contributed by atoms with Gasteiger partial charge in [0.2, 0.25) is 10.0 Å². The molecule has 3 aromatic carbocycles. The van der Waals surface area contributed by atoms with Crippen LogP contribution in [0.2, 0.25) is 0 Å². The fourth-order valence-electron chi connectivity index (χ4n) is 3.13. The number of aryl methyl sites for hydroxylation is 1. The summed E-state index contributed by atoms with van der Waals surface area (Å²) in [6.45, 7) is 1.59. The van der Waals surface area contributed by atoms with E-state index in [-0.39, 0.29) is 18.0 Å². The van der Waals surface area contributed by atoms with Crippen LogP contribution >= 0.6 is 0 Å². The van der Waals surface area contributed by atoms with Gasteiger partial charge in [-0.3, -0.25) is 4.79 Å². The highest BCUT2D eigenvalue weighted by molar-refractivity contribution is 7.89. The van der Waals surface area contributed by atoms with Gasteiger partial charge in [-0.1, -0.05) is 78.9 Å². The highest BCUT2D eigenvalue weighted by Gasteiger charge is 2.26. The lowest BCUT2D eigenvalue weighted by molar-refractivity contribution is -0.121. The Morgan fingerprint density at radius 3 is 1.97 bits per heavy atom. The number of hydrazone groups is 1. The number of nitrogens with zero attached hydrogens (tertiary/aromatic N) is 2.